The Morgan fingerprint density at radius 2 is 1.82 bits per heavy atom. The van der Waals surface area contributed by atoms with Gasteiger partial charge in [-0.2, -0.15) is 0 Å². The van der Waals surface area contributed by atoms with E-state index in [9.17, 15) is 14.4 Å². The van der Waals surface area contributed by atoms with Crippen LogP contribution < -0.4 is 26.4 Å². The molecule has 0 unspecified atom stereocenters. The predicted octanol–water partition coefficient (Wildman–Crippen LogP) is 3.48. The van der Waals surface area contributed by atoms with Crippen LogP contribution in [0.2, 0.25) is 5.02 Å². The lowest BCUT2D eigenvalue weighted by molar-refractivity contribution is -0.123. The van der Waals surface area contributed by atoms with Gasteiger partial charge in [-0.05, 0) is 55.3 Å². The molecule has 2 aromatic heterocycles. The Labute approximate surface area is 231 Å². The quantitative estimate of drug-likeness (QED) is 0.265. The summed E-state index contributed by atoms with van der Waals surface area (Å²) in [7, 11) is 0. The fourth-order valence-electron chi connectivity index (χ4n) is 4.12. The van der Waals surface area contributed by atoms with Crippen molar-refractivity contribution in [1.82, 2.24) is 20.3 Å². The first kappa shape index (κ1) is 27.7. The Kier molecular flexibility index (Phi) is 9.17. The highest BCUT2D eigenvalue weighted by Gasteiger charge is 2.14. The van der Waals surface area contributed by atoms with E-state index in [2.05, 4.69) is 21.0 Å². The number of hydrogen-bond acceptors (Lipinski definition) is 6. The van der Waals surface area contributed by atoms with Gasteiger partial charge in [0.15, 0.2) is 6.61 Å². The maximum Gasteiger partial charge on any atom is 0.272 e. The molecular weight excluding hydrogens is 518 g/mol. The van der Waals surface area contributed by atoms with Crippen molar-refractivity contribution in [2.75, 3.05) is 18.6 Å². The molecule has 9 nitrogen and oxygen atoms in total. The number of benzene rings is 2. The number of aromatic nitrogens is 2. The normalized spacial score (nSPS) is 10.7. The number of fused-ring (bicyclic) bond motifs is 1. The number of pyridine rings is 2. The molecule has 2 amide bonds. The van der Waals surface area contributed by atoms with Crippen LogP contribution >= 0.6 is 11.6 Å². The molecule has 0 bridgehead atoms. The van der Waals surface area contributed by atoms with Gasteiger partial charge in [0.2, 0.25) is 5.91 Å². The van der Waals surface area contributed by atoms with Crippen LogP contribution in [-0.2, 0) is 29.1 Å². The van der Waals surface area contributed by atoms with Crippen LogP contribution in [0.5, 0.6) is 5.75 Å². The van der Waals surface area contributed by atoms with Crippen molar-refractivity contribution in [3.8, 4) is 5.75 Å². The van der Waals surface area contributed by atoms with Crippen LogP contribution in [0.1, 0.15) is 29.2 Å². The molecule has 0 atom stereocenters. The first-order chi connectivity index (χ1) is 18.9. The molecule has 0 spiro atoms. The van der Waals surface area contributed by atoms with Gasteiger partial charge in [0.05, 0.1) is 18.5 Å². The Morgan fingerprint density at radius 1 is 1.00 bits per heavy atom. The van der Waals surface area contributed by atoms with Crippen LogP contribution in [0.4, 0.5) is 0 Å². The number of rotatable bonds is 11. The average molecular weight is 548 g/mol. The fraction of sp³-hybridized carbons (Fsp3) is 0.241. The van der Waals surface area contributed by atoms with E-state index >= 15 is 0 Å². The predicted molar refractivity (Wildman–Crippen MR) is 151 cm³/mol. The number of carbonyl (C=O) groups excluding carboxylic acids is 2. The average Bonchev–Trinajstić information content (AvgIpc) is 2.93. The van der Waals surface area contributed by atoms with E-state index in [-0.39, 0.29) is 36.9 Å². The standard InChI is InChI=1S/C29H30ClN5O4/c1-3-31-27(37)18-39-25-10-9-23(30)14-22(25)16-33-26(36)15-24-19(2)11-13-35(29(24)38)34-17-21-7-4-6-20-8-5-12-32-28(20)21/h4-14,34H,3,15-18H2,1-2H3,(H,31,37)(H,33,36). The van der Waals surface area contributed by atoms with Crippen molar-refractivity contribution >= 4 is 34.3 Å². The molecule has 2 heterocycles. The third kappa shape index (κ3) is 7.14. The van der Waals surface area contributed by atoms with Gasteiger partial charge in [-0.1, -0.05) is 35.9 Å². The summed E-state index contributed by atoms with van der Waals surface area (Å²) in [6, 6.07) is 16.5. The zero-order valence-corrected chi connectivity index (χ0v) is 22.5. The third-order valence-electron chi connectivity index (χ3n) is 6.15. The lowest BCUT2D eigenvalue weighted by atomic mass is 10.1. The van der Waals surface area contributed by atoms with E-state index in [0.29, 0.717) is 40.6 Å². The van der Waals surface area contributed by atoms with Crippen LogP contribution in [0.3, 0.4) is 0 Å². The van der Waals surface area contributed by atoms with Crippen molar-refractivity contribution in [3.63, 3.8) is 0 Å². The minimum absolute atomic E-state index is 0.0985. The van der Waals surface area contributed by atoms with Crippen molar-refractivity contribution in [2.45, 2.75) is 33.4 Å². The summed E-state index contributed by atoms with van der Waals surface area (Å²) in [6.07, 6.45) is 3.29. The van der Waals surface area contributed by atoms with Gasteiger partial charge in [0.1, 0.15) is 5.75 Å². The first-order valence-electron chi connectivity index (χ1n) is 12.6. The molecule has 0 fully saturated rings. The molecule has 4 rings (SSSR count). The number of para-hydroxylation sites is 1. The lowest BCUT2D eigenvalue weighted by Crippen LogP contribution is -2.34. The second-order valence-corrected chi connectivity index (χ2v) is 9.36. The molecule has 2 aromatic carbocycles. The van der Waals surface area contributed by atoms with Gasteiger partial charge < -0.3 is 20.8 Å². The summed E-state index contributed by atoms with van der Waals surface area (Å²) in [4.78, 5) is 42.3. The second-order valence-electron chi connectivity index (χ2n) is 8.93. The molecule has 0 saturated heterocycles. The molecule has 0 radical (unpaired) electrons. The second kappa shape index (κ2) is 12.9. The van der Waals surface area contributed by atoms with Crippen molar-refractivity contribution < 1.29 is 14.3 Å². The number of ether oxygens (including phenoxy) is 1. The molecule has 0 aliphatic heterocycles. The summed E-state index contributed by atoms with van der Waals surface area (Å²) in [5.74, 6) is -0.138. The fourth-order valence-corrected chi connectivity index (χ4v) is 4.32. The number of nitrogens with zero attached hydrogens (tertiary/aromatic N) is 2. The number of hydrogen-bond donors (Lipinski definition) is 3. The number of halogens is 1. The van der Waals surface area contributed by atoms with E-state index in [4.69, 9.17) is 16.3 Å². The van der Waals surface area contributed by atoms with E-state index in [1.165, 1.54) is 4.68 Å². The highest BCUT2D eigenvalue weighted by Crippen LogP contribution is 2.23. The number of nitrogens with one attached hydrogen (secondary N) is 3. The van der Waals surface area contributed by atoms with Gasteiger partial charge in [-0.3, -0.25) is 19.4 Å². The van der Waals surface area contributed by atoms with Gasteiger partial charge in [0.25, 0.3) is 11.5 Å². The summed E-state index contributed by atoms with van der Waals surface area (Å²) < 4.78 is 7.00. The van der Waals surface area contributed by atoms with Crippen LogP contribution in [0, 0.1) is 6.92 Å². The van der Waals surface area contributed by atoms with Crippen molar-refractivity contribution in [2.24, 2.45) is 0 Å². The number of likely N-dealkylation sites (N-methyl/N-ethyl adjacent to an activating group) is 1. The Balaban J connectivity index is 1.42. The zero-order chi connectivity index (χ0) is 27.8. The molecule has 0 aliphatic carbocycles. The number of amides is 2. The minimum Gasteiger partial charge on any atom is -0.483 e. The van der Waals surface area contributed by atoms with Crippen molar-refractivity contribution in [1.29, 1.82) is 0 Å². The Morgan fingerprint density at radius 3 is 2.64 bits per heavy atom. The van der Waals surface area contributed by atoms with Crippen LogP contribution in [0.15, 0.2) is 71.8 Å². The molecule has 202 valence electrons. The number of aryl methyl sites for hydroxylation is 1. The molecule has 0 aliphatic rings. The van der Waals surface area contributed by atoms with Gasteiger partial charge in [-0.15, -0.1) is 0 Å². The van der Waals surface area contributed by atoms with E-state index in [0.717, 1.165) is 16.5 Å². The monoisotopic (exact) mass is 547 g/mol. The molecule has 39 heavy (non-hydrogen) atoms. The third-order valence-corrected chi connectivity index (χ3v) is 6.39. The molecular formula is C29H30ClN5O4. The maximum absolute atomic E-state index is 13.2. The van der Waals surface area contributed by atoms with E-state index in [1.54, 1.807) is 43.6 Å². The zero-order valence-electron chi connectivity index (χ0n) is 21.8. The Bertz CT molecular complexity index is 1550. The topological polar surface area (TPSA) is 114 Å². The molecule has 10 heteroatoms. The van der Waals surface area contributed by atoms with Crippen LogP contribution in [-0.4, -0.2) is 34.6 Å². The summed E-state index contributed by atoms with van der Waals surface area (Å²) in [5.41, 5.74) is 6.37. The van der Waals surface area contributed by atoms with E-state index < -0.39 is 0 Å². The summed E-state index contributed by atoms with van der Waals surface area (Å²) >= 11 is 6.14. The smallest absolute Gasteiger partial charge is 0.272 e. The SMILES string of the molecule is CCNC(=O)COc1ccc(Cl)cc1CNC(=O)Cc1c(C)ccn(NCc2cccc3cccnc23)c1=O. The minimum atomic E-state index is -0.333. The maximum atomic E-state index is 13.2. The highest BCUT2D eigenvalue weighted by atomic mass is 35.5. The van der Waals surface area contributed by atoms with E-state index in [1.807, 2.05) is 37.3 Å². The summed E-state index contributed by atoms with van der Waals surface area (Å²) in [6.45, 7) is 4.48. The summed E-state index contributed by atoms with van der Waals surface area (Å²) in [5, 5.41) is 6.98. The van der Waals surface area contributed by atoms with Gasteiger partial charge in [-0.25, -0.2) is 4.68 Å². The Hall–Kier alpha value is -4.37. The highest BCUT2D eigenvalue weighted by molar-refractivity contribution is 6.30. The van der Waals surface area contributed by atoms with Crippen LogP contribution in [0.25, 0.3) is 10.9 Å². The van der Waals surface area contributed by atoms with Crippen molar-refractivity contribution in [3.05, 3.63) is 105 Å². The van der Waals surface area contributed by atoms with Gasteiger partial charge in [0, 0.05) is 47.0 Å². The van der Waals surface area contributed by atoms with Gasteiger partial charge >= 0.3 is 0 Å². The molecule has 3 N–H and O–H groups in total. The lowest BCUT2D eigenvalue weighted by Gasteiger charge is -2.15. The first-order valence-corrected chi connectivity index (χ1v) is 13.0. The molecule has 0 saturated carbocycles. The largest absolute Gasteiger partial charge is 0.483 e. The number of carbonyl (C=O) groups is 2. The molecule has 4 aromatic rings.